The van der Waals surface area contributed by atoms with Crippen LogP contribution in [0.15, 0.2) is 12.1 Å². The van der Waals surface area contributed by atoms with Crippen molar-refractivity contribution in [2.75, 3.05) is 6.61 Å². The minimum absolute atomic E-state index is 0.188. The van der Waals surface area contributed by atoms with Gasteiger partial charge in [-0.05, 0) is 51.3 Å². The van der Waals surface area contributed by atoms with Crippen molar-refractivity contribution in [2.24, 2.45) is 0 Å². The molecule has 1 aliphatic rings. The minimum Gasteiger partial charge on any atom is -0.399 e. The Hall–Kier alpha value is -1.29. The summed E-state index contributed by atoms with van der Waals surface area (Å²) in [5.74, 6) is -0.406. The number of fused-ring (bicyclic) bond motifs is 1. The van der Waals surface area contributed by atoms with Gasteiger partial charge in [-0.3, -0.25) is 0 Å². The fourth-order valence-corrected chi connectivity index (χ4v) is 3.58. The molecule has 6 nitrogen and oxygen atoms in total. The lowest BCUT2D eigenvalue weighted by Gasteiger charge is -2.32. The number of hydrogen-bond acceptors (Lipinski definition) is 5. The van der Waals surface area contributed by atoms with E-state index in [1.807, 2.05) is 27.7 Å². The Morgan fingerprint density at radius 3 is 2.37 bits per heavy atom. The molecule has 1 aliphatic heterocycles. The van der Waals surface area contributed by atoms with Crippen molar-refractivity contribution in [3.63, 3.8) is 0 Å². The maximum absolute atomic E-state index is 14.8. The third-order valence-electron chi connectivity index (χ3n) is 5.32. The molecular formula is C18H29BFN3O3Si. The standard InChI is InChI=1S/C18H29BFN3O3Si/c1-17(2)18(3,4)26-19(25-17)13-10-14(20)16-15(11-13)21-22-23(16)12-24-8-9-27(5,6)7/h10-11H,8-9,12H2,1-7H3. The fraction of sp³-hybridized carbons (Fsp3) is 0.667. The number of nitrogens with zero attached hydrogens (tertiary/aromatic N) is 3. The molecule has 3 rings (SSSR count). The van der Waals surface area contributed by atoms with E-state index in [0.717, 1.165) is 6.04 Å². The van der Waals surface area contributed by atoms with Gasteiger partial charge in [0.1, 0.15) is 17.8 Å². The molecule has 1 saturated heterocycles. The second-order valence-electron chi connectivity index (χ2n) is 9.40. The van der Waals surface area contributed by atoms with E-state index >= 15 is 0 Å². The second kappa shape index (κ2) is 6.95. The van der Waals surface area contributed by atoms with Crippen molar-refractivity contribution < 1.29 is 18.4 Å². The topological polar surface area (TPSA) is 58.4 Å². The highest BCUT2D eigenvalue weighted by Crippen LogP contribution is 2.36. The first-order chi connectivity index (χ1) is 12.4. The van der Waals surface area contributed by atoms with E-state index in [2.05, 4.69) is 30.0 Å². The summed E-state index contributed by atoms with van der Waals surface area (Å²) in [7, 11) is -1.79. The fourth-order valence-electron chi connectivity index (χ4n) is 2.82. The zero-order chi connectivity index (χ0) is 20.0. The quantitative estimate of drug-likeness (QED) is 0.557. The molecule has 9 heteroatoms. The molecule has 27 heavy (non-hydrogen) atoms. The summed E-state index contributed by atoms with van der Waals surface area (Å²) in [6, 6.07) is 4.26. The van der Waals surface area contributed by atoms with Gasteiger partial charge in [-0.2, -0.15) is 0 Å². The number of ether oxygens (including phenoxy) is 1. The Kier molecular flexibility index (Phi) is 5.26. The van der Waals surface area contributed by atoms with E-state index in [9.17, 15) is 4.39 Å². The van der Waals surface area contributed by atoms with Crippen molar-refractivity contribution in [3.8, 4) is 0 Å². The molecule has 0 saturated carbocycles. The van der Waals surface area contributed by atoms with Gasteiger partial charge in [-0.1, -0.05) is 24.9 Å². The predicted octanol–water partition coefficient (Wildman–Crippen LogP) is 3.18. The van der Waals surface area contributed by atoms with Gasteiger partial charge in [0.15, 0.2) is 5.82 Å². The number of hydrogen-bond donors (Lipinski definition) is 0. The van der Waals surface area contributed by atoms with Crippen molar-refractivity contribution in [2.45, 2.75) is 71.3 Å². The Morgan fingerprint density at radius 2 is 1.78 bits per heavy atom. The maximum atomic E-state index is 14.8. The lowest BCUT2D eigenvalue weighted by Crippen LogP contribution is -2.41. The second-order valence-corrected chi connectivity index (χ2v) is 15.0. The summed E-state index contributed by atoms with van der Waals surface area (Å²) < 4.78 is 34.0. The first-order valence-electron chi connectivity index (χ1n) is 9.36. The molecule has 0 spiro atoms. The van der Waals surface area contributed by atoms with Crippen LogP contribution in [0.2, 0.25) is 25.7 Å². The predicted molar refractivity (Wildman–Crippen MR) is 107 cm³/mol. The molecule has 0 bridgehead atoms. The monoisotopic (exact) mass is 393 g/mol. The smallest absolute Gasteiger partial charge is 0.399 e. The molecular weight excluding hydrogens is 364 g/mol. The number of rotatable bonds is 6. The molecule has 0 radical (unpaired) electrons. The first kappa shape index (κ1) is 20.4. The normalized spacial score (nSPS) is 19.2. The molecule has 0 aliphatic carbocycles. The third kappa shape index (κ3) is 4.26. The van der Waals surface area contributed by atoms with Crippen LogP contribution in [0.1, 0.15) is 27.7 Å². The summed E-state index contributed by atoms with van der Waals surface area (Å²) in [6.45, 7) is 15.6. The van der Waals surface area contributed by atoms with Gasteiger partial charge in [0.25, 0.3) is 0 Å². The lowest BCUT2D eigenvalue weighted by atomic mass is 9.79. The first-order valence-corrected chi connectivity index (χ1v) is 13.1. The van der Waals surface area contributed by atoms with E-state index in [1.54, 1.807) is 6.07 Å². The summed E-state index contributed by atoms with van der Waals surface area (Å²) in [5.41, 5.74) is 0.442. The Morgan fingerprint density at radius 1 is 1.15 bits per heavy atom. The Bertz CT molecular complexity index is 819. The van der Waals surface area contributed by atoms with Crippen LogP contribution in [0.25, 0.3) is 11.0 Å². The van der Waals surface area contributed by atoms with Gasteiger partial charge in [0.2, 0.25) is 0 Å². The van der Waals surface area contributed by atoms with Gasteiger partial charge in [-0.15, -0.1) is 5.10 Å². The van der Waals surface area contributed by atoms with Crippen molar-refractivity contribution >= 4 is 31.7 Å². The van der Waals surface area contributed by atoms with E-state index in [1.165, 1.54) is 10.7 Å². The van der Waals surface area contributed by atoms with Crippen molar-refractivity contribution in [1.29, 1.82) is 0 Å². The van der Waals surface area contributed by atoms with Crippen LogP contribution >= 0.6 is 0 Å². The van der Waals surface area contributed by atoms with E-state index in [0.29, 0.717) is 23.1 Å². The zero-order valence-electron chi connectivity index (χ0n) is 17.3. The van der Waals surface area contributed by atoms with Gasteiger partial charge in [0, 0.05) is 14.7 Å². The highest BCUT2D eigenvalue weighted by atomic mass is 28.3. The molecule has 1 fully saturated rings. The van der Waals surface area contributed by atoms with Crippen molar-refractivity contribution in [1.82, 2.24) is 15.0 Å². The van der Waals surface area contributed by atoms with Crippen LogP contribution < -0.4 is 5.46 Å². The van der Waals surface area contributed by atoms with Gasteiger partial charge in [0.05, 0.1) is 11.2 Å². The highest BCUT2D eigenvalue weighted by molar-refractivity contribution is 6.76. The highest BCUT2D eigenvalue weighted by Gasteiger charge is 2.51. The van der Waals surface area contributed by atoms with Crippen LogP contribution in [0.5, 0.6) is 0 Å². The zero-order valence-corrected chi connectivity index (χ0v) is 18.3. The average molecular weight is 393 g/mol. The van der Waals surface area contributed by atoms with Gasteiger partial charge in [-0.25, -0.2) is 9.07 Å². The Labute approximate surface area is 161 Å². The molecule has 1 aromatic heterocycles. The average Bonchev–Trinajstić information content (AvgIpc) is 3.01. The number of benzene rings is 1. The molecule has 2 heterocycles. The molecule has 1 aromatic carbocycles. The number of halogens is 1. The molecule has 148 valence electrons. The van der Waals surface area contributed by atoms with Crippen LogP contribution in [0, 0.1) is 5.82 Å². The van der Waals surface area contributed by atoms with Crippen LogP contribution in [0.3, 0.4) is 0 Å². The SMILES string of the molecule is CC1(C)OB(c2cc(F)c3c(c2)nnn3COCC[Si](C)(C)C)OC1(C)C. The van der Waals surface area contributed by atoms with Gasteiger partial charge >= 0.3 is 7.12 Å². The van der Waals surface area contributed by atoms with E-state index < -0.39 is 32.2 Å². The molecule has 0 atom stereocenters. The van der Waals surface area contributed by atoms with Crippen molar-refractivity contribution in [3.05, 3.63) is 17.9 Å². The summed E-state index contributed by atoms with van der Waals surface area (Å²) in [4.78, 5) is 0. The largest absolute Gasteiger partial charge is 0.495 e. The summed E-state index contributed by atoms with van der Waals surface area (Å²) in [5, 5.41) is 8.15. The molecule has 2 aromatic rings. The van der Waals surface area contributed by atoms with Crippen LogP contribution in [-0.2, 0) is 20.8 Å². The van der Waals surface area contributed by atoms with Gasteiger partial charge < -0.3 is 14.0 Å². The molecule has 0 unspecified atom stereocenters. The third-order valence-corrected chi connectivity index (χ3v) is 7.02. The van der Waals surface area contributed by atoms with E-state index in [4.69, 9.17) is 14.0 Å². The van der Waals surface area contributed by atoms with Crippen LogP contribution in [0.4, 0.5) is 4.39 Å². The Balaban J connectivity index is 1.77. The molecule has 0 amide bonds. The number of aromatic nitrogens is 3. The molecule has 0 N–H and O–H groups in total. The summed E-state index contributed by atoms with van der Waals surface area (Å²) in [6.07, 6.45) is 0. The minimum atomic E-state index is -1.16. The van der Waals surface area contributed by atoms with E-state index in [-0.39, 0.29) is 6.73 Å². The maximum Gasteiger partial charge on any atom is 0.495 e. The lowest BCUT2D eigenvalue weighted by molar-refractivity contribution is 0.00578. The van der Waals surface area contributed by atoms with Crippen LogP contribution in [-0.4, -0.2) is 48.0 Å². The summed E-state index contributed by atoms with van der Waals surface area (Å²) >= 11 is 0.